The topological polar surface area (TPSA) is 102 Å². The lowest BCUT2D eigenvalue weighted by atomic mass is 10.1. The molecule has 0 fully saturated rings. The van der Waals surface area contributed by atoms with Gasteiger partial charge in [0.2, 0.25) is 0 Å². The van der Waals surface area contributed by atoms with Crippen molar-refractivity contribution >= 4 is 11.9 Å². The van der Waals surface area contributed by atoms with E-state index in [1.54, 1.807) is 0 Å². The zero-order chi connectivity index (χ0) is 14.3. The van der Waals surface area contributed by atoms with Crippen LogP contribution in [0, 0.1) is 0 Å². The van der Waals surface area contributed by atoms with E-state index in [1.807, 2.05) is 6.92 Å². The lowest BCUT2D eigenvalue weighted by Crippen LogP contribution is -2.36. The summed E-state index contributed by atoms with van der Waals surface area (Å²) in [5, 5.41) is 15.0. The molecule has 1 rings (SSSR count). The number of carboxylic acid groups (broad SMARTS) is 1. The minimum absolute atomic E-state index is 0.109. The molecule has 19 heavy (non-hydrogen) atoms. The Hall–Kier alpha value is -1.89. The molecule has 1 unspecified atom stereocenters. The van der Waals surface area contributed by atoms with Gasteiger partial charge in [-0.2, -0.15) is 0 Å². The summed E-state index contributed by atoms with van der Waals surface area (Å²) in [6.07, 6.45) is 1.27. The van der Waals surface area contributed by atoms with Gasteiger partial charge >= 0.3 is 5.97 Å². The minimum atomic E-state index is -0.945. The number of carbonyl (C=O) groups is 2. The Bertz CT molecular complexity index is 430. The van der Waals surface area contributed by atoms with Gasteiger partial charge in [0.05, 0.1) is 6.42 Å². The van der Waals surface area contributed by atoms with Crippen molar-refractivity contribution in [2.75, 3.05) is 7.11 Å². The molecule has 0 aliphatic heterocycles. The van der Waals surface area contributed by atoms with Crippen LogP contribution < -0.4 is 5.32 Å². The van der Waals surface area contributed by atoms with Gasteiger partial charge in [-0.3, -0.25) is 9.59 Å². The number of nitrogens with one attached hydrogen (secondary N) is 1. The Balaban J connectivity index is 2.61. The fourth-order valence-electron chi connectivity index (χ4n) is 1.67. The summed E-state index contributed by atoms with van der Waals surface area (Å²) in [7, 11) is 1.51. The molecule has 0 saturated heterocycles. The maximum absolute atomic E-state index is 11.9. The van der Waals surface area contributed by atoms with E-state index in [2.05, 4.69) is 10.5 Å². The molecule has 2 N–H and O–H groups in total. The van der Waals surface area contributed by atoms with E-state index >= 15 is 0 Å². The first-order chi connectivity index (χ1) is 9.06. The molecule has 0 radical (unpaired) electrons. The molecule has 1 heterocycles. The van der Waals surface area contributed by atoms with Crippen LogP contribution in [0.1, 0.15) is 42.4 Å². The van der Waals surface area contributed by atoms with E-state index in [0.29, 0.717) is 12.2 Å². The van der Waals surface area contributed by atoms with Crippen LogP contribution >= 0.6 is 0 Å². The maximum Gasteiger partial charge on any atom is 0.305 e. The zero-order valence-corrected chi connectivity index (χ0v) is 11.0. The minimum Gasteiger partial charge on any atom is -0.481 e. The fraction of sp³-hybridized carbons (Fsp3) is 0.583. The molecule has 106 valence electrons. The monoisotopic (exact) mass is 270 g/mol. The highest BCUT2D eigenvalue weighted by Crippen LogP contribution is 2.07. The Kier molecular flexibility index (Phi) is 6.01. The number of amides is 1. The van der Waals surface area contributed by atoms with Gasteiger partial charge in [-0.15, -0.1) is 0 Å². The molecule has 0 spiro atoms. The van der Waals surface area contributed by atoms with Crippen LogP contribution in [0.25, 0.3) is 0 Å². The van der Waals surface area contributed by atoms with Crippen LogP contribution in [0.4, 0.5) is 0 Å². The summed E-state index contributed by atoms with van der Waals surface area (Å²) in [4.78, 5) is 22.6. The number of nitrogens with zero attached hydrogens (tertiary/aromatic N) is 1. The molecule has 7 heteroatoms. The number of aliphatic carboxylic acids is 1. The number of hydrogen-bond donors (Lipinski definition) is 2. The van der Waals surface area contributed by atoms with Crippen molar-refractivity contribution in [1.29, 1.82) is 0 Å². The summed E-state index contributed by atoms with van der Waals surface area (Å²) in [6.45, 7) is 2.15. The van der Waals surface area contributed by atoms with Gasteiger partial charge in [0, 0.05) is 19.2 Å². The predicted octanol–water partition coefficient (Wildman–Crippen LogP) is 1.19. The third-order valence-electron chi connectivity index (χ3n) is 2.47. The first-order valence-corrected chi connectivity index (χ1v) is 6.04. The van der Waals surface area contributed by atoms with E-state index in [-0.39, 0.29) is 18.7 Å². The van der Waals surface area contributed by atoms with Gasteiger partial charge in [-0.05, 0) is 6.42 Å². The molecule has 0 aliphatic rings. The van der Waals surface area contributed by atoms with Crippen LogP contribution in [0.3, 0.4) is 0 Å². The highest BCUT2D eigenvalue weighted by molar-refractivity contribution is 5.92. The van der Waals surface area contributed by atoms with Gasteiger partial charge in [0.25, 0.3) is 5.91 Å². The van der Waals surface area contributed by atoms with Crippen molar-refractivity contribution in [2.24, 2.45) is 0 Å². The predicted molar refractivity (Wildman–Crippen MR) is 65.6 cm³/mol. The van der Waals surface area contributed by atoms with Crippen molar-refractivity contribution in [3.05, 3.63) is 17.5 Å². The van der Waals surface area contributed by atoms with Crippen LogP contribution in [-0.2, 0) is 16.1 Å². The summed E-state index contributed by atoms with van der Waals surface area (Å²) >= 11 is 0. The standard InChI is InChI=1S/C12H18N2O5/c1-3-4-8(5-11(15)16)13-12(17)10-6-9(7-18-2)19-14-10/h6,8H,3-5,7H2,1-2H3,(H,13,17)(H,15,16). The second-order valence-electron chi connectivity index (χ2n) is 4.17. The average molecular weight is 270 g/mol. The Morgan fingerprint density at radius 3 is 2.89 bits per heavy atom. The Morgan fingerprint density at radius 1 is 1.58 bits per heavy atom. The zero-order valence-electron chi connectivity index (χ0n) is 11.0. The first kappa shape index (κ1) is 15.2. The molecular weight excluding hydrogens is 252 g/mol. The smallest absolute Gasteiger partial charge is 0.305 e. The summed E-state index contributed by atoms with van der Waals surface area (Å²) in [5.41, 5.74) is 0.124. The molecule has 0 aromatic carbocycles. The normalized spacial score (nSPS) is 12.1. The van der Waals surface area contributed by atoms with Crippen molar-refractivity contribution in [3.63, 3.8) is 0 Å². The highest BCUT2D eigenvalue weighted by Gasteiger charge is 2.18. The van der Waals surface area contributed by atoms with Crippen LogP contribution in [-0.4, -0.2) is 35.3 Å². The molecule has 7 nitrogen and oxygen atoms in total. The summed E-state index contributed by atoms with van der Waals surface area (Å²) < 4.78 is 9.75. The van der Waals surface area contributed by atoms with Gasteiger partial charge in [0.1, 0.15) is 6.61 Å². The maximum atomic E-state index is 11.9. The van der Waals surface area contributed by atoms with E-state index in [4.69, 9.17) is 14.4 Å². The Morgan fingerprint density at radius 2 is 2.32 bits per heavy atom. The van der Waals surface area contributed by atoms with Crippen LogP contribution in [0.5, 0.6) is 0 Å². The number of aromatic nitrogens is 1. The Labute approximate surface area is 110 Å². The van der Waals surface area contributed by atoms with E-state index in [9.17, 15) is 9.59 Å². The summed E-state index contributed by atoms with van der Waals surface area (Å²) in [6, 6.07) is 1.07. The number of hydrogen-bond acceptors (Lipinski definition) is 5. The second kappa shape index (κ2) is 7.52. The van der Waals surface area contributed by atoms with E-state index in [0.717, 1.165) is 6.42 Å². The van der Waals surface area contributed by atoms with E-state index in [1.165, 1.54) is 13.2 Å². The quantitative estimate of drug-likeness (QED) is 0.735. The lowest BCUT2D eigenvalue weighted by molar-refractivity contribution is -0.137. The van der Waals surface area contributed by atoms with Crippen LogP contribution in [0.2, 0.25) is 0 Å². The summed E-state index contributed by atoms with van der Waals surface area (Å²) in [5.74, 6) is -0.942. The van der Waals surface area contributed by atoms with Gasteiger partial charge < -0.3 is 19.7 Å². The van der Waals surface area contributed by atoms with Crippen molar-refractivity contribution < 1.29 is 24.0 Å². The molecule has 1 aromatic heterocycles. The van der Waals surface area contributed by atoms with Crippen molar-refractivity contribution in [1.82, 2.24) is 10.5 Å². The molecule has 0 aliphatic carbocycles. The number of methoxy groups -OCH3 is 1. The molecule has 0 bridgehead atoms. The molecule has 1 aromatic rings. The molecular formula is C12H18N2O5. The van der Waals surface area contributed by atoms with Crippen molar-refractivity contribution in [2.45, 2.75) is 38.8 Å². The third-order valence-corrected chi connectivity index (χ3v) is 2.47. The highest BCUT2D eigenvalue weighted by atomic mass is 16.5. The second-order valence-corrected chi connectivity index (χ2v) is 4.17. The number of carboxylic acids is 1. The number of ether oxygens (including phenoxy) is 1. The number of carbonyl (C=O) groups excluding carboxylic acids is 1. The average Bonchev–Trinajstić information content (AvgIpc) is 2.77. The molecule has 1 amide bonds. The third kappa shape index (κ3) is 5.09. The first-order valence-electron chi connectivity index (χ1n) is 6.04. The molecule has 0 saturated carbocycles. The van der Waals surface area contributed by atoms with Gasteiger partial charge in [-0.1, -0.05) is 18.5 Å². The largest absolute Gasteiger partial charge is 0.481 e. The van der Waals surface area contributed by atoms with Crippen molar-refractivity contribution in [3.8, 4) is 0 Å². The molecule has 1 atom stereocenters. The van der Waals surface area contributed by atoms with Gasteiger partial charge in [0.15, 0.2) is 11.5 Å². The van der Waals surface area contributed by atoms with Gasteiger partial charge in [-0.25, -0.2) is 0 Å². The number of rotatable bonds is 8. The SMILES string of the molecule is CCCC(CC(=O)O)NC(=O)c1cc(COC)on1. The van der Waals surface area contributed by atoms with E-state index < -0.39 is 17.9 Å². The van der Waals surface area contributed by atoms with Crippen LogP contribution in [0.15, 0.2) is 10.6 Å². The fourth-order valence-corrected chi connectivity index (χ4v) is 1.67. The lowest BCUT2D eigenvalue weighted by Gasteiger charge is -2.14.